The van der Waals surface area contributed by atoms with Crippen LogP contribution in [0, 0.1) is 0 Å². The first-order chi connectivity index (χ1) is 12.6. The zero-order valence-corrected chi connectivity index (χ0v) is 14.9. The summed E-state index contributed by atoms with van der Waals surface area (Å²) in [4.78, 5) is 26.3. The second kappa shape index (κ2) is 8.63. The Morgan fingerprint density at radius 3 is 2.50 bits per heavy atom. The molecule has 2 unspecified atom stereocenters. The molecule has 26 heavy (non-hydrogen) atoms. The number of carbonyl (C=O) groups is 2. The molecule has 1 aliphatic rings. The molecule has 2 aromatic rings. The minimum atomic E-state index is -0.208. The van der Waals surface area contributed by atoms with Crippen LogP contribution in [0.5, 0.6) is 5.75 Å². The average molecular weight is 353 g/mol. The minimum absolute atomic E-state index is 0.0493. The average Bonchev–Trinajstić information content (AvgIpc) is 3.39. The van der Waals surface area contributed by atoms with Gasteiger partial charge in [-0.05, 0) is 19.1 Å². The number of carbonyl (C=O) groups excluding carboxylic acids is 2. The maximum atomic E-state index is 12.4. The summed E-state index contributed by atoms with van der Waals surface area (Å²) >= 11 is 0. The molecule has 3 rings (SSSR count). The van der Waals surface area contributed by atoms with Crippen molar-refractivity contribution in [3.63, 3.8) is 0 Å². The quantitative estimate of drug-likeness (QED) is 0.300. The van der Waals surface area contributed by atoms with Crippen LogP contribution in [0.3, 0.4) is 0 Å². The van der Waals surface area contributed by atoms with Gasteiger partial charge in [0.1, 0.15) is 19.0 Å². The number of nitrogens with zero attached hydrogens (tertiary/aromatic N) is 1. The Morgan fingerprint density at radius 1 is 1.04 bits per heavy atom. The van der Waals surface area contributed by atoms with Crippen molar-refractivity contribution in [3.8, 4) is 5.75 Å². The Bertz CT molecular complexity index is 760. The van der Waals surface area contributed by atoms with Crippen LogP contribution in [0.1, 0.15) is 29.3 Å². The normalized spacial score (nSPS) is 18.2. The molecule has 0 bridgehead atoms. The monoisotopic (exact) mass is 353 g/mol. The van der Waals surface area contributed by atoms with E-state index in [1.54, 1.807) is 36.4 Å². The molecule has 1 heterocycles. The minimum Gasteiger partial charge on any atom is -0.490 e. The highest BCUT2D eigenvalue weighted by Crippen LogP contribution is 2.17. The van der Waals surface area contributed by atoms with E-state index in [0.29, 0.717) is 29.3 Å². The summed E-state index contributed by atoms with van der Waals surface area (Å²) < 4.78 is 10.8. The van der Waals surface area contributed by atoms with Crippen LogP contribution < -0.4 is 4.74 Å². The van der Waals surface area contributed by atoms with Gasteiger partial charge in [-0.25, -0.2) is 0 Å². The molecule has 0 spiro atoms. The lowest BCUT2D eigenvalue weighted by Crippen LogP contribution is -2.15. The van der Waals surface area contributed by atoms with Gasteiger partial charge in [-0.15, -0.1) is 0 Å². The molecular weight excluding hydrogens is 330 g/mol. The van der Waals surface area contributed by atoms with E-state index in [1.165, 1.54) is 0 Å². The second-order valence-corrected chi connectivity index (χ2v) is 6.39. The molecule has 1 saturated heterocycles. The Labute approximate surface area is 153 Å². The van der Waals surface area contributed by atoms with E-state index in [4.69, 9.17) is 9.47 Å². The van der Waals surface area contributed by atoms with E-state index >= 15 is 0 Å². The molecule has 0 aromatic heterocycles. The Morgan fingerprint density at radius 2 is 1.77 bits per heavy atom. The lowest BCUT2D eigenvalue weighted by molar-refractivity contribution is -0.144. The van der Waals surface area contributed by atoms with Crippen molar-refractivity contribution in [2.24, 2.45) is 0 Å². The first kappa shape index (κ1) is 18.1. The van der Waals surface area contributed by atoms with Gasteiger partial charge in [0.25, 0.3) is 0 Å². The lowest BCUT2D eigenvalue weighted by atomic mass is 10.0. The predicted octanol–water partition coefficient (Wildman–Crippen LogP) is 2.93. The predicted molar refractivity (Wildman–Crippen MR) is 98.4 cm³/mol. The SMILES string of the molecule is CC1CN1CCC(=O)OCCOc1cccc(C(=O)c2ccccc2)c1. The zero-order valence-electron chi connectivity index (χ0n) is 14.9. The molecule has 0 amide bonds. The van der Waals surface area contributed by atoms with Gasteiger partial charge in [0.2, 0.25) is 0 Å². The molecule has 5 heteroatoms. The number of rotatable bonds is 9. The summed E-state index contributed by atoms with van der Waals surface area (Å²) in [6.07, 6.45) is 0.408. The van der Waals surface area contributed by atoms with Gasteiger partial charge in [-0.2, -0.15) is 0 Å². The Balaban J connectivity index is 1.42. The Hall–Kier alpha value is -2.66. The van der Waals surface area contributed by atoms with Crippen LogP contribution in [0.25, 0.3) is 0 Å². The van der Waals surface area contributed by atoms with Gasteiger partial charge in [-0.1, -0.05) is 42.5 Å². The maximum Gasteiger partial charge on any atom is 0.307 e. The topological polar surface area (TPSA) is 55.6 Å². The highest BCUT2D eigenvalue weighted by Gasteiger charge is 2.28. The van der Waals surface area contributed by atoms with Crippen molar-refractivity contribution >= 4 is 11.8 Å². The largest absolute Gasteiger partial charge is 0.490 e. The van der Waals surface area contributed by atoms with Gasteiger partial charge in [-0.3, -0.25) is 14.5 Å². The van der Waals surface area contributed by atoms with E-state index in [2.05, 4.69) is 11.8 Å². The van der Waals surface area contributed by atoms with Crippen LogP contribution in [-0.4, -0.2) is 49.0 Å². The van der Waals surface area contributed by atoms with Crippen LogP contribution in [0.4, 0.5) is 0 Å². The molecule has 0 aliphatic carbocycles. The summed E-state index contributed by atoms with van der Waals surface area (Å²) in [5.74, 6) is 0.327. The maximum absolute atomic E-state index is 12.4. The van der Waals surface area contributed by atoms with Crippen molar-refractivity contribution in [2.75, 3.05) is 26.3 Å². The summed E-state index contributed by atoms with van der Waals surface area (Å²) in [7, 11) is 0. The van der Waals surface area contributed by atoms with Gasteiger partial charge in [0.15, 0.2) is 5.78 Å². The first-order valence-electron chi connectivity index (χ1n) is 8.86. The third-order valence-electron chi connectivity index (χ3n) is 4.34. The lowest BCUT2D eigenvalue weighted by Gasteiger charge is -2.09. The Kier molecular flexibility index (Phi) is 6.02. The number of hydrogen-bond donors (Lipinski definition) is 0. The summed E-state index contributed by atoms with van der Waals surface area (Å²) in [6.45, 7) is 4.41. The van der Waals surface area contributed by atoms with Gasteiger partial charge < -0.3 is 9.47 Å². The number of ketones is 1. The highest BCUT2D eigenvalue weighted by molar-refractivity contribution is 6.09. The standard InChI is InChI=1S/C21H23NO4/c1-16-15-22(16)11-10-20(23)26-13-12-25-19-9-5-8-18(14-19)21(24)17-6-3-2-4-7-17/h2-9,14,16H,10-13,15H2,1H3. The second-order valence-electron chi connectivity index (χ2n) is 6.39. The third-order valence-corrected chi connectivity index (χ3v) is 4.34. The highest BCUT2D eigenvalue weighted by atomic mass is 16.6. The van der Waals surface area contributed by atoms with Crippen LogP contribution >= 0.6 is 0 Å². The molecule has 5 nitrogen and oxygen atoms in total. The zero-order chi connectivity index (χ0) is 18.4. The van der Waals surface area contributed by atoms with Crippen molar-refractivity contribution in [2.45, 2.75) is 19.4 Å². The molecule has 0 radical (unpaired) electrons. The number of benzene rings is 2. The molecule has 2 atom stereocenters. The van der Waals surface area contributed by atoms with Gasteiger partial charge in [0, 0.05) is 30.3 Å². The van der Waals surface area contributed by atoms with Gasteiger partial charge in [0.05, 0.1) is 6.42 Å². The third kappa shape index (κ3) is 5.17. The fraction of sp³-hybridized carbons (Fsp3) is 0.333. The van der Waals surface area contributed by atoms with E-state index in [9.17, 15) is 9.59 Å². The van der Waals surface area contributed by atoms with E-state index in [-0.39, 0.29) is 25.0 Å². The fourth-order valence-corrected chi connectivity index (χ4v) is 2.71. The van der Waals surface area contributed by atoms with Crippen molar-refractivity contribution in [1.82, 2.24) is 4.90 Å². The number of esters is 1. The van der Waals surface area contributed by atoms with Gasteiger partial charge >= 0.3 is 5.97 Å². The molecule has 136 valence electrons. The summed E-state index contributed by atoms with van der Waals surface area (Å²) in [5, 5.41) is 0. The smallest absolute Gasteiger partial charge is 0.307 e. The summed E-state index contributed by atoms with van der Waals surface area (Å²) in [6, 6.07) is 16.7. The molecule has 2 aromatic carbocycles. The number of hydrogen-bond acceptors (Lipinski definition) is 5. The van der Waals surface area contributed by atoms with E-state index in [1.807, 2.05) is 18.2 Å². The summed E-state index contributed by atoms with van der Waals surface area (Å²) in [5.41, 5.74) is 1.21. The molecule has 1 fully saturated rings. The first-order valence-corrected chi connectivity index (χ1v) is 8.86. The molecule has 0 saturated carbocycles. The fourth-order valence-electron chi connectivity index (χ4n) is 2.71. The molecule has 0 N–H and O–H groups in total. The van der Waals surface area contributed by atoms with Crippen molar-refractivity contribution in [3.05, 3.63) is 65.7 Å². The van der Waals surface area contributed by atoms with Crippen molar-refractivity contribution in [1.29, 1.82) is 0 Å². The number of ether oxygens (including phenoxy) is 2. The molecule has 1 aliphatic heterocycles. The van der Waals surface area contributed by atoms with Crippen LogP contribution in [0.15, 0.2) is 54.6 Å². The van der Waals surface area contributed by atoms with E-state index < -0.39 is 0 Å². The van der Waals surface area contributed by atoms with Crippen LogP contribution in [-0.2, 0) is 9.53 Å². The van der Waals surface area contributed by atoms with Crippen LogP contribution in [0.2, 0.25) is 0 Å². The van der Waals surface area contributed by atoms with Crippen molar-refractivity contribution < 1.29 is 19.1 Å². The van der Waals surface area contributed by atoms with E-state index in [0.717, 1.165) is 13.1 Å². The molecular formula is C21H23NO4.